The molecule has 2 aliphatic rings. The van der Waals surface area contributed by atoms with Crippen molar-refractivity contribution in [1.82, 2.24) is 9.88 Å². The van der Waals surface area contributed by atoms with Crippen molar-refractivity contribution in [3.8, 4) is 0 Å². The zero-order chi connectivity index (χ0) is 14.7. The Labute approximate surface area is 130 Å². The summed E-state index contributed by atoms with van der Waals surface area (Å²) in [5, 5.41) is 0.677. The molecule has 0 saturated carbocycles. The van der Waals surface area contributed by atoms with E-state index < -0.39 is 0 Å². The quantitative estimate of drug-likeness (QED) is 0.864. The lowest BCUT2D eigenvalue weighted by atomic mass is 9.96. The molecule has 1 aliphatic heterocycles. The van der Waals surface area contributed by atoms with Crippen molar-refractivity contribution in [2.45, 2.75) is 26.2 Å². The first-order chi connectivity index (χ1) is 10.2. The van der Waals surface area contributed by atoms with Crippen LogP contribution < -0.4 is 5.73 Å². The van der Waals surface area contributed by atoms with Crippen LogP contribution in [-0.2, 0) is 6.42 Å². The highest BCUT2D eigenvalue weighted by Crippen LogP contribution is 2.24. The molecule has 0 saturated heterocycles. The van der Waals surface area contributed by atoms with Gasteiger partial charge in [0.2, 0.25) is 0 Å². The van der Waals surface area contributed by atoms with Gasteiger partial charge in [0, 0.05) is 24.4 Å². The number of hydrogen-bond acceptors (Lipinski definition) is 4. The minimum absolute atomic E-state index is 0.677. The molecule has 3 nitrogen and oxygen atoms in total. The first-order valence-corrected chi connectivity index (χ1v) is 8.22. The van der Waals surface area contributed by atoms with Gasteiger partial charge in [0.25, 0.3) is 0 Å². The van der Waals surface area contributed by atoms with E-state index in [4.69, 9.17) is 5.73 Å². The van der Waals surface area contributed by atoms with E-state index in [-0.39, 0.29) is 0 Å². The molecule has 0 fully saturated rings. The third kappa shape index (κ3) is 3.45. The van der Waals surface area contributed by atoms with Gasteiger partial charge >= 0.3 is 0 Å². The second kappa shape index (κ2) is 6.31. The maximum atomic E-state index is 5.75. The van der Waals surface area contributed by atoms with E-state index in [2.05, 4.69) is 46.5 Å². The van der Waals surface area contributed by atoms with Gasteiger partial charge in [-0.25, -0.2) is 4.98 Å². The van der Waals surface area contributed by atoms with Gasteiger partial charge in [-0.1, -0.05) is 24.3 Å². The molecule has 1 aromatic rings. The van der Waals surface area contributed by atoms with Crippen LogP contribution in [0.2, 0.25) is 0 Å². The van der Waals surface area contributed by atoms with Crippen molar-refractivity contribution in [2.75, 3.05) is 18.8 Å². The SMILES string of the molecule is Cc1nc(N)sc1CCN1C=CC(C2=CCC=CC2)=CC1. The molecule has 4 heteroatoms. The molecular formula is C17H21N3S. The average molecular weight is 299 g/mol. The Morgan fingerprint density at radius 3 is 2.86 bits per heavy atom. The van der Waals surface area contributed by atoms with Crippen LogP contribution in [0.5, 0.6) is 0 Å². The van der Waals surface area contributed by atoms with Crippen molar-refractivity contribution >= 4 is 16.5 Å². The Hall–Kier alpha value is -1.81. The molecule has 0 radical (unpaired) electrons. The number of nitrogen functional groups attached to an aromatic ring is 1. The number of aryl methyl sites for hydroxylation is 1. The third-order valence-electron chi connectivity index (χ3n) is 3.92. The average Bonchev–Trinajstić information content (AvgIpc) is 2.84. The van der Waals surface area contributed by atoms with Crippen molar-refractivity contribution in [3.63, 3.8) is 0 Å². The van der Waals surface area contributed by atoms with Crippen molar-refractivity contribution in [2.24, 2.45) is 0 Å². The summed E-state index contributed by atoms with van der Waals surface area (Å²) in [4.78, 5) is 7.93. The summed E-state index contributed by atoms with van der Waals surface area (Å²) < 4.78 is 0. The number of nitrogens with zero attached hydrogens (tertiary/aromatic N) is 2. The zero-order valence-electron chi connectivity index (χ0n) is 12.4. The topological polar surface area (TPSA) is 42.1 Å². The number of rotatable bonds is 4. The molecule has 110 valence electrons. The molecule has 3 rings (SSSR count). The van der Waals surface area contributed by atoms with Crippen LogP contribution in [-0.4, -0.2) is 23.0 Å². The third-order valence-corrected chi connectivity index (χ3v) is 4.97. The van der Waals surface area contributed by atoms with Gasteiger partial charge in [0.05, 0.1) is 5.69 Å². The van der Waals surface area contributed by atoms with Gasteiger partial charge in [-0.3, -0.25) is 0 Å². The monoisotopic (exact) mass is 299 g/mol. The normalized spacial score (nSPS) is 17.9. The molecule has 0 spiro atoms. The Bertz CT molecular complexity index is 634. The van der Waals surface area contributed by atoms with Gasteiger partial charge in [-0.15, -0.1) is 11.3 Å². The van der Waals surface area contributed by atoms with E-state index in [1.807, 2.05) is 6.92 Å². The maximum absolute atomic E-state index is 5.75. The van der Waals surface area contributed by atoms with E-state index in [9.17, 15) is 0 Å². The lowest BCUT2D eigenvalue weighted by Crippen LogP contribution is -2.22. The number of nitrogens with two attached hydrogens (primary N) is 1. The summed E-state index contributed by atoms with van der Waals surface area (Å²) >= 11 is 1.61. The van der Waals surface area contributed by atoms with E-state index in [0.717, 1.165) is 38.0 Å². The van der Waals surface area contributed by atoms with Crippen LogP contribution in [0.25, 0.3) is 0 Å². The summed E-state index contributed by atoms with van der Waals surface area (Å²) in [5.41, 5.74) is 9.67. The lowest BCUT2D eigenvalue weighted by Gasteiger charge is -2.23. The zero-order valence-corrected chi connectivity index (χ0v) is 13.2. The summed E-state index contributed by atoms with van der Waals surface area (Å²) in [6.07, 6.45) is 16.7. The molecule has 2 N–H and O–H groups in total. The molecule has 0 aromatic carbocycles. The summed E-state index contributed by atoms with van der Waals surface area (Å²) in [6.45, 7) is 4.04. The van der Waals surface area contributed by atoms with Gasteiger partial charge in [0.15, 0.2) is 5.13 Å². The second-order valence-corrected chi connectivity index (χ2v) is 6.54. The van der Waals surface area contributed by atoms with Crippen molar-refractivity contribution < 1.29 is 0 Å². The first kappa shape index (κ1) is 14.1. The van der Waals surface area contributed by atoms with Gasteiger partial charge in [0.1, 0.15) is 0 Å². The number of aromatic nitrogens is 1. The Morgan fingerprint density at radius 2 is 2.24 bits per heavy atom. The smallest absolute Gasteiger partial charge is 0.180 e. The first-order valence-electron chi connectivity index (χ1n) is 7.41. The van der Waals surface area contributed by atoms with Crippen LogP contribution >= 0.6 is 11.3 Å². The van der Waals surface area contributed by atoms with Crippen molar-refractivity contribution in [1.29, 1.82) is 0 Å². The van der Waals surface area contributed by atoms with E-state index in [1.165, 1.54) is 16.0 Å². The Balaban J connectivity index is 1.54. The highest BCUT2D eigenvalue weighted by atomic mass is 32.1. The largest absolute Gasteiger partial charge is 0.375 e. The van der Waals surface area contributed by atoms with Crippen LogP contribution in [0.15, 0.2) is 47.7 Å². The minimum Gasteiger partial charge on any atom is -0.375 e. The summed E-state index contributed by atoms with van der Waals surface area (Å²) in [7, 11) is 0. The maximum Gasteiger partial charge on any atom is 0.180 e. The summed E-state index contributed by atoms with van der Waals surface area (Å²) in [6, 6.07) is 0. The van der Waals surface area contributed by atoms with Gasteiger partial charge in [-0.05, 0) is 43.2 Å². The van der Waals surface area contributed by atoms with E-state index in [1.54, 1.807) is 11.3 Å². The van der Waals surface area contributed by atoms with E-state index >= 15 is 0 Å². The fourth-order valence-electron chi connectivity index (χ4n) is 2.70. The van der Waals surface area contributed by atoms with Gasteiger partial charge in [-0.2, -0.15) is 0 Å². The fourth-order valence-corrected chi connectivity index (χ4v) is 3.52. The molecule has 0 atom stereocenters. The van der Waals surface area contributed by atoms with Crippen LogP contribution in [0.4, 0.5) is 5.13 Å². The number of allylic oxidation sites excluding steroid dienone is 6. The van der Waals surface area contributed by atoms with Crippen LogP contribution in [0.1, 0.15) is 23.4 Å². The second-order valence-electron chi connectivity index (χ2n) is 5.42. The molecule has 1 aromatic heterocycles. The number of hydrogen-bond donors (Lipinski definition) is 1. The molecule has 0 bridgehead atoms. The highest BCUT2D eigenvalue weighted by Gasteiger charge is 2.11. The van der Waals surface area contributed by atoms with Crippen molar-refractivity contribution in [3.05, 3.63) is 58.3 Å². The molecule has 0 unspecified atom stereocenters. The van der Waals surface area contributed by atoms with Gasteiger partial charge < -0.3 is 10.6 Å². The number of thiazole rings is 1. The van der Waals surface area contributed by atoms with Crippen LogP contribution in [0, 0.1) is 6.92 Å². The summed E-state index contributed by atoms with van der Waals surface area (Å²) in [5.74, 6) is 0. The Morgan fingerprint density at radius 1 is 1.33 bits per heavy atom. The lowest BCUT2D eigenvalue weighted by molar-refractivity contribution is 0.415. The fraction of sp³-hybridized carbons (Fsp3) is 0.353. The number of anilines is 1. The molecule has 0 amide bonds. The predicted molar refractivity (Wildman–Crippen MR) is 90.2 cm³/mol. The predicted octanol–water partition coefficient (Wildman–Crippen LogP) is 3.61. The Kier molecular flexibility index (Phi) is 4.25. The molecular weight excluding hydrogens is 278 g/mol. The van der Waals surface area contributed by atoms with Crippen LogP contribution in [0.3, 0.4) is 0 Å². The van der Waals surface area contributed by atoms with E-state index in [0.29, 0.717) is 5.13 Å². The molecule has 2 heterocycles. The minimum atomic E-state index is 0.677. The molecule has 21 heavy (non-hydrogen) atoms. The molecule has 1 aliphatic carbocycles. The standard InChI is InChI=1S/C17H21N3S/c1-13-16(21-17(18)19-13)9-12-20-10-7-15(8-11-20)14-5-3-2-4-6-14/h2-3,6-8,10H,4-5,9,11-12H2,1H3,(H2,18,19). The highest BCUT2D eigenvalue weighted by molar-refractivity contribution is 7.15.